The van der Waals surface area contributed by atoms with Gasteiger partial charge in [-0.05, 0) is 32.1 Å². The Balaban J connectivity index is 2.32. The van der Waals surface area contributed by atoms with Crippen molar-refractivity contribution in [3.05, 3.63) is 18.2 Å². The Bertz CT molecular complexity index is 619. The maximum absolute atomic E-state index is 2.63. The van der Waals surface area contributed by atoms with Crippen LogP contribution in [0.15, 0.2) is 12.4 Å². The molecule has 0 amide bonds. The quantitative estimate of drug-likeness (QED) is 0.0613. The van der Waals surface area contributed by atoms with E-state index < -0.39 is 0 Å². The molecule has 1 rings (SSSR count). The second-order valence-electron chi connectivity index (χ2n) is 13.0. The molecule has 1 heterocycles. The third kappa shape index (κ3) is 21.9. The van der Waals surface area contributed by atoms with Gasteiger partial charge in [-0.1, -0.05) is 175 Å². The van der Waals surface area contributed by atoms with Crippen molar-refractivity contribution in [2.45, 2.75) is 226 Å². The van der Waals surface area contributed by atoms with E-state index in [4.69, 9.17) is 0 Å². The average molecular weight is 560 g/mol. The standard InChI is InChI=1S/C38H75N2/c1-4-7-10-13-16-19-21-23-26-29-32-35-40-37-36-39(34-31-28-25-18-15-12-9-6-3)38(40)33-30-27-24-22-20-17-14-11-8-5-2/h36-37H,4-35H2,1-3H3/q+1. The Kier molecular flexibility index (Phi) is 27.6. The van der Waals surface area contributed by atoms with Crippen LogP contribution in [0.2, 0.25) is 0 Å². The molecule has 0 aliphatic carbocycles. The van der Waals surface area contributed by atoms with E-state index in [1.165, 1.54) is 206 Å². The Morgan fingerprint density at radius 1 is 0.425 bits per heavy atom. The summed E-state index contributed by atoms with van der Waals surface area (Å²) in [7, 11) is 0. The Morgan fingerprint density at radius 3 is 1.20 bits per heavy atom. The molecular formula is C38H75N2+. The predicted octanol–water partition coefficient (Wildman–Crippen LogP) is 12.7. The largest absolute Gasteiger partial charge is 0.256 e. The highest BCUT2D eigenvalue weighted by Gasteiger charge is 2.16. The first kappa shape index (κ1) is 37.2. The molecule has 2 heteroatoms. The van der Waals surface area contributed by atoms with Crippen molar-refractivity contribution in [2.75, 3.05) is 0 Å². The van der Waals surface area contributed by atoms with Crippen LogP contribution >= 0.6 is 0 Å². The lowest BCUT2D eigenvalue weighted by molar-refractivity contribution is -0.704. The minimum atomic E-state index is 1.23. The first-order valence-electron chi connectivity index (χ1n) is 18.9. The molecule has 0 atom stereocenters. The van der Waals surface area contributed by atoms with Gasteiger partial charge < -0.3 is 0 Å². The summed E-state index contributed by atoms with van der Waals surface area (Å²) < 4.78 is 5.26. The van der Waals surface area contributed by atoms with Crippen LogP contribution in [0.4, 0.5) is 0 Å². The molecular weight excluding hydrogens is 484 g/mol. The maximum Gasteiger partial charge on any atom is 0.256 e. The van der Waals surface area contributed by atoms with Crippen LogP contribution in [0.5, 0.6) is 0 Å². The summed E-state index contributed by atoms with van der Waals surface area (Å²) in [5.74, 6) is 1.62. The Morgan fingerprint density at radius 2 is 0.775 bits per heavy atom. The van der Waals surface area contributed by atoms with Gasteiger partial charge in [-0.3, -0.25) is 0 Å². The molecule has 0 fully saturated rings. The fourth-order valence-electron chi connectivity index (χ4n) is 6.33. The van der Waals surface area contributed by atoms with Crippen LogP contribution in [0.25, 0.3) is 0 Å². The molecule has 0 unspecified atom stereocenters. The van der Waals surface area contributed by atoms with Gasteiger partial charge >= 0.3 is 0 Å². The van der Waals surface area contributed by atoms with Gasteiger partial charge in [-0.2, -0.15) is 0 Å². The zero-order chi connectivity index (χ0) is 28.8. The second-order valence-corrected chi connectivity index (χ2v) is 13.0. The first-order chi connectivity index (χ1) is 19.8. The van der Waals surface area contributed by atoms with Gasteiger partial charge in [0.15, 0.2) is 0 Å². The number of aryl methyl sites for hydroxylation is 2. The lowest BCUT2D eigenvalue weighted by Crippen LogP contribution is -2.37. The van der Waals surface area contributed by atoms with Crippen molar-refractivity contribution in [2.24, 2.45) is 0 Å². The number of hydrogen-bond donors (Lipinski definition) is 0. The molecule has 1 aromatic rings. The molecule has 0 N–H and O–H groups in total. The van der Waals surface area contributed by atoms with Gasteiger partial charge in [0.2, 0.25) is 0 Å². The second kappa shape index (κ2) is 29.7. The van der Waals surface area contributed by atoms with E-state index in [0.717, 1.165) is 0 Å². The average Bonchev–Trinajstić information content (AvgIpc) is 3.35. The van der Waals surface area contributed by atoms with E-state index in [-0.39, 0.29) is 0 Å². The monoisotopic (exact) mass is 560 g/mol. The molecule has 236 valence electrons. The van der Waals surface area contributed by atoms with E-state index in [1.807, 2.05) is 0 Å². The van der Waals surface area contributed by atoms with Crippen LogP contribution < -0.4 is 4.57 Å². The number of nitrogens with zero attached hydrogens (tertiary/aromatic N) is 2. The Labute approximate surface area is 253 Å². The van der Waals surface area contributed by atoms with E-state index >= 15 is 0 Å². The lowest BCUT2D eigenvalue weighted by atomic mass is 10.1. The van der Waals surface area contributed by atoms with Gasteiger partial charge in [0.25, 0.3) is 5.82 Å². The summed E-state index contributed by atoms with van der Waals surface area (Å²) in [5, 5.41) is 0. The molecule has 0 saturated heterocycles. The van der Waals surface area contributed by atoms with Crippen LogP contribution in [-0.4, -0.2) is 4.57 Å². The molecule has 0 saturated carbocycles. The van der Waals surface area contributed by atoms with E-state index in [2.05, 4.69) is 42.3 Å². The zero-order valence-electron chi connectivity index (χ0n) is 28.2. The van der Waals surface area contributed by atoms with Crippen LogP contribution in [0.3, 0.4) is 0 Å². The van der Waals surface area contributed by atoms with Crippen molar-refractivity contribution in [3.8, 4) is 0 Å². The van der Waals surface area contributed by atoms with E-state index in [0.29, 0.717) is 0 Å². The third-order valence-electron chi connectivity index (χ3n) is 9.10. The highest BCUT2D eigenvalue weighted by Crippen LogP contribution is 2.15. The van der Waals surface area contributed by atoms with Crippen LogP contribution in [0, 0.1) is 0 Å². The van der Waals surface area contributed by atoms with Crippen molar-refractivity contribution in [1.29, 1.82) is 0 Å². The lowest BCUT2D eigenvalue weighted by Gasteiger charge is -2.07. The van der Waals surface area contributed by atoms with E-state index in [1.54, 1.807) is 5.82 Å². The number of rotatable bonds is 32. The molecule has 1 aromatic heterocycles. The summed E-state index contributed by atoms with van der Waals surface area (Å²) >= 11 is 0. The zero-order valence-corrected chi connectivity index (χ0v) is 28.2. The SMILES string of the molecule is CCCCCCCCCCCCC[n+]1ccn(CCCCCCCCCC)c1CCCCCCCCCCCC. The third-order valence-corrected chi connectivity index (χ3v) is 9.10. The highest BCUT2D eigenvalue weighted by molar-refractivity contribution is 4.84. The highest BCUT2D eigenvalue weighted by atomic mass is 15.1. The van der Waals surface area contributed by atoms with Gasteiger partial charge in [0, 0.05) is 6.42 Å². The van der Waals surface area contributed by atoms with Crippen molar-refractivity contribution < 1.29 is 4.57 Å². The van der Waals surface area contributed by atoms with Crippen molar-refractivity contribution >= 4 is 0 Å². The normalized spacial score (nSPS) is 11.6. The minimum absolute atomic E-state index is 1.23. The summed E-state index contributed by atoms with van der Waals surface area (Å²) in [6, 6.07) is 0. The summed E-state index contributed by atoms with van der Waals surface area (Å²) in [6.45, 7) is 9.40. The molecule has 0 aromatic carbocycles. The van der Waals surface area contributed by atoms with Gasteiger partial charge in [0.05, 0.1) is 13.1 Å². The minimum Gasteiger partial charge on any atom is -0.234 e. The summed E-state index contributed by atoms with van der Waals surface area (Å²) in [6.07, 6.45) is 47.4. The molecule has 0 aliphatic heterocycles. The van der Waals surface area contributed by atoms with Crippen molar-refractivity contribution in [1.82, 2.24) is 4.57 Å². The van der Waals surface area contributed by atoms with Gasteiger partial charge in [0.1, 0.15) is 12.4 Å². The summed E-state index contributed by atoms with van der Waals surface area (Å²) in [4.78, 5) is 0. The smallest absolute Gasteiger partial charge is 0.234 e. The fraction of sp³-hybridized carbons (Fsp3) is 0.921. The molecule has 0 radical (unpaired) electrons. The van der Waals surface area contributed by atoms with Crippen LogP contribution in [0.1, 0.15) is 213 Å². The topological polar surface area (TPSA) is 8.81 Å². The number of aromatic nitrogens is 2. The molecule has 0 aliphatic rings. The first-order valence-corrected chi connectivity index (χ1v) is 18.9. The van der Waals surface area contributed by atoms with E-state index in [9.17, 15) is 0 Å². The maximum atomic E-state index is 2.63. The van der Waals surface area contributed by atoms with Gasteiger partial charge in [-0.25, -0.2) is 9.13 Å². The summed E-state index contributed by atoms with van der Waals surface area (Å²) in [5.41, 5.74) is 0. The van der Waals surface area contributed by atoms with Crippen LogP contribution in [-0.2, 0) is 19.5 Å². The predicted molar refractivity (Wildman–Crippen MR) is 179 cm³/mol. The number of imidazole rings is 1. The fourth-order valence-corrected chi connectivity index (χ4v) is 6.33. The molecule has 40 heavy (non-hydrogen) atoms. The Hall–Kier alpha value is -0.790. The molecule has 0 spiro atoms. The van der Waals surface area contributed by atoms with Gasteiger partial charge in [-0.15, -0.1) is 0 Å². The van der Waals surface area contributed by atoms with Crippen molar-refractivity contribution in [3.63, 3.8) is 0 Å². The number of unbranched alkanes of at least 4 members (excludes halogenated alkanes) is 26. The molecule has 2 nitrogen and oxygen atoms in total. The number of hydrogen-bond acceptors (Lipinski definition) is 0. The molecule has 0 bridgehead atoms.